The van der Waals surface area contributed by atoms with Gasteiger partial charge in [-0.3, -0.25) is 13.7 Å². The van der Waals surface area contributed by atoms with Gasteiger partial charge in [0.15, 0.2) is 0 Å². The number of nitrogens with one attached hydrogen (secondary N) is 1. The van der Waals surface area contributed by atoms with E-state index in [2.05, 4.69) is 5.32 Å². The summed E-state index contributed by atoms with van der Waals surface area (Å²) in [4.78, 5) is 3.25. The third-order valence-corrected chi connectivity index (χ3v) is 12.0. The molecule has 0 saturated heterocycles. The van der Waals surface area contributed by atoms with E-state index in [9.17, 15) is 38.9 Å². The maximum atomic E-state index is 12.8. The summed E-state index contributed by atoms with van der Waals surface area (Å²) in [5.74, 6) is 0. The van der Waals surface area contributed by atoms with Gasteiger partial charge in [0, 0.05) is 16.9 Å². The van der Waals surface area contributed by atoms with E-state index in [1.807, 2.05) is 45.9 Å². The minimum atomic E-state index is -5.04. The Balaban J connectivity index is 1.74. The Kier molecular flexibility index (Phi) is 10.6. The summed E-state index contributed by atoms with van der Waals surface area (Å²) in [5.41, 5.74) is 9.77. The van der Waals surface area contributed by atoms with Crippen molar-refractivity contribution < 1.29 is 38.9 Å². The van der Waals surface area contributed by atoms with Crippen molar-refractivity contribution in [3.63, 3.8) is 0 Å². The number of hydrogen-bond donors (Lipinski definition) is 4. The molecule has 0 aromatic heterocycles. The van der Waals surface area contributed by atoms with E-state index in [1.165, 1.54) is 6.07 Å². The molecule has 1 aliphatic carbocycles. The van der Waals surface area contributed by atoms with Crippen LogP contribution in [0.3, 0.4) is 0 Å². The van der Waals surface area contributed by atoms with E-state index in [0.717, 1.165) is 34.0 Å². The molecule has 0 fully saturated rings. The quantitative estimate of drug-likeness (QED) is 0.127. The molecule has 0 aliphatic heterocycles. The fourth-order valence-electron chi connectivity index (χ4n) is 6.92. The van der Waals surface area contributed by atoms with E-state index >= 15 is 0 Å². The predicted molar refractivity (Wildman–Crippen MR) is 208 cm³/mol. The van der Waals surface area contributed by atoms with Gasteiger partial charge in [0.05, 0.1) is 16.3 Å². The molecule has 1 aliphatic rings. The maximum Gasteiger partial charge on any atom is 0.295 e. The lowest BCUT2D eigenvalue weighted by Gasteiger charge is -2.22. The summed E-state index contributed by atoms with van der Waals surface area (Å²) >= 11 is 0. The molecule has 0 atom stereocenters. The first-order chi connectivity index (χ1) is 24.5. The number of aryl methyl sites for hydroxylation is 6. The largest absolute Gasteiger partial charge is 0.355 e. The van der Waals surface area contributed by atoms with E-state index in [0.29, 0.717) is 62.1 Å². The summed E-state index contributed by atoms with van der Waals surface area (Å²) in [5, 5.41) is 3.25. The average Bonchev–Trinajstić information content (AvgIpc) is 3.01. The van der Waals surface area contributed by atoms with Gasteiger partial charge in [-0.25, -0.2) is 4.99 Å². The Bertz CT molecular complexity index is 2660. The molecule has 0 unspecified atom stereocenters. The molecule has 0 radical (unpaired) electrons. The molecule has 4 aromatic rings. The molecule has 0 heterocycles. The maximum absolute atomic E-state index is 12.8. The summed E-state index contributed by atoms with van der Waals surface area (Å²) in [6.07, 6.45) is 5.39. The van der Waals surface area contributed by atoms with Gasteiger partial charge in [-0.2, -0.15) is 25.3 Å². The molecule has 278 valence electrons. The van der Waals surface area contributed by atoms with Crippen LogP contribution in [0, 0.1) is 48.5 Å². The SMILES string of the molecule is CC1=CC(=Nc2c(C)cc(C)cc2C)C=CC1=C(c1ccc(Nc2c(C)cc(C)c(S(=O)(=O)O)c2C)cc1C)c1ccc(S(=O)(=O)O)cc1S(=O)(=O)O. The highest BCUT2D eigenvalue weighted by Gasteiger charge is 2.27. The second-order valence-corrected chi connectivity index (χ2v) is 17.5. The molecule has 0 amide bonds. The zero-order chi connectivity index (χ0) is 39.4. The van der Waals surface area contributed by atoms with Gasteiger partial charge in [0.25, 0.3) is 30.4 Å². The van der Waals surface area contributed by atoms with E-state index in [4.69, 9.17) is 4.99 Å². The van der Waals surface area contributed by atoms with E-state index in [-0.39, 0.29) is 10.5 Å². The van der Waals surface area contributed by atoms with Crippen LogP contribution in [0.15, 0.2) is 104 Å². The molecule has 0 saturated carbocycles. The van der Waals surface area contributed by atoms with Crippen LogP contribution < -0.4 is 5.32 Å². The van der Waals surface area contributed by atoms with Gasteiger partial charge in [-0.15, -0.1) is 0 Å². The lowest BCUT2D eigenvalue weighted by Crippen LogP contribution is -2.10. The van der Waals surface area contributed by atoms with Crippen molar-refractivity contribution >= 4 is 58.7 Å². The first kappa shape index (κ1) is 39.5. The van der Waals surface area contributed by atoms with Crippen LogP contribution >= 0.6 is 0 Å². The summed E-state index contributed by atoms with van der Waals surface area (Å²) in [7, 11) is -14.4. The normalized spacial score (nSPS) is 15.5. The Hall–Kier alpha value is -4.70. The molecular formula is C39H40N2O9S3. The van der Waals surface area contributed by atoms with Crippen LogP contribution in [0.25, 0.3) is 5.57 Å². The number of rotatable bonds is 8. The van der Waals surface area contributed by atoms with Crippen molar-refractivity contribution in [2.45, 2.75) is 70.1 Å². The summed E-state index contributed by atoms with van der Waals surface area (Å²) in [6.45, 7) is 14.6. The van der Waals surface area contributed by atoms with E-state index < -0.39 is 40.1 Å². The zero-order valence-electron chi connectivity index (χ0n) is 30.4. The molecule has 0 spiro atoms. The van der Waals surface area contributed by atoms with Crippen molar-refractivity contribution in [2.24, 2.45) is 4.99 Å². The van der Waals surface area contributed by atoms with Crippen LogP contribution in [0.4, 0.5) is 17.1 Å². The Morgan fingerprint density at radius 1 is 0.623 bits per heavy atom. The van der Waals surface area contributed by atoms with Crippen LogP contribution in [0.5, 0.6) is 0 Å². The fraction of sp³-hybridized carbons (Fsp3) is 0.205. The Morgan fingerprint density at radius 2 is 1.25 bits per heavy atom. The predicted octanol–water partition coefficient (Wildman–Crippen LogP) is 8.42. The summed E-state index contributed by atoms with van der Waals surface area (Å²) in [6, 6.07) is 13.9. The molecular weight excluding hydrogens is 737 g/mol. The highest BCUT2D eigenvalue weighted by atomic mass is 32.2. The summed E-state index contributed by atoms with van der Waals surface area (Å²) < 4.78 is 104. The standard InChI is InChI=1S/C39H40N2O9S3/c1-21-15-24(4)37(25(5)16-21)40-29-9-12-32(22(2)18-29)36(34-14-11-31(51(42,43)44)20-35(34)52(45,46)47)33-13-10-30(19-23(33)3)41-38-26(6)17-27(7)39(28(38)8)53(48,49)50/h9-20,41H,1-8H3,(H,42,43,44)(H,45,46,47)(H,48,49,50). The Labute approximate surface area is 310 Å². The first-order valence-corrected chi connectivity index (χ1v) is 20.6. The number of hydrogen-bond acceptors (Lipinski definition) is 8. The zero-order valence-corrected chi connectivity index (χ0v) is 32.8. The number of anilines is 2. The first-order valence-electron chi connectivity index (χ1n) is 16.3. The van der Waals surface area contributed by atoms with Crippen LogP contribution in [-0.4, -0.2) is 44.6 Å². The van der Waals surface area contributed by atoms with E-state index in [1.54, 1.807) is 64.1 Å². The minimum Gasteiger partial charge on any atom is -0.355 e. The monoisotopic (exact) mass is 776 g/mol. The Morgan fingerprint density at radius 3 is 1.79 bits per heavy atom. The highest BCUT2D eigenvalue weighted by Crippen LogP contribution is 2.40. The number of benzene rings is 4. The van der Waals surface area contributed by atoms with Crippen LogP contribution in [0.2, 0.25) is 0 Å². The smallest absolute Gasteiger partial charge is 0.295 e. The van der Waals surface area contributed by atoms with Crippen molar-refractivity contribution in [2.75, 3.05) is 5.32 Å². The molecule has 4 N–H and O–H groups in total. The molecule has 14 heteroatoms. The van der Waals surface area contributed by atoms with Crippen molar-refractivity contribution in [3.8, 4) is 0 Å². The average molecular weight is 777 g/mol. The number of allylic oxidation sites excluding steroid dienone is 5. The minimum absolute atomic E-state index is 0.0234. The highest BCUT2D eigenvalue weighted by molar-refractivity contribution is 7.86. The lowest BCUT2D eigenvalue weighted by atomic mass is 9.85. The van der Waals surface area contributed by atoms with Gasteiger partial charge < -0.3 is 5.32 Å². The topological polar surface area (TPSA) is 187 Å². The second-order valence-electron chi connectivity index (χ2n) is 13.3. The van der Waals surface area contributed by atoms with Gasteiger partial charge in [-0.1, -0.05) is 42.0 Å². The van der Waals surface area contributed by atoms with Gasteiger partial charge in [0.2, 0.25) is 0 Å². The molecule has 4 aromatic carbocycles. The van der Waals surface area contributed by atoms with Gasteiger partial charge >= 0.3 is 0 Å². The molecule has 5 rings (SSSR count). The molecule has 0 bridgehead atoms. The third kappa shape index (κ3) is 8.28. The second kappa shape index (κ2) is 14.3. The lowest BCUT2D eigenvalue weighted by molar-refractivity contribution is 0.478. The van der Waals surface area contributed by atoms with Gasteiger partial charge in [-0.05, 0) is 147 Å². The number of nitrogens with zero attached hydrogens (tertiary/aromatic N) is 1. The van der Waals surface area contributed by atoms with Crippen LogP contribution in [0.1, 0.15) is 57.0 Å². The van der Waals surface area contributed by atoms with Gasteiger partial charge in [0.1, 0.15) is 9.79 Å². The van der Waals surface area contributed by atoms with Crippen molar-refractivity contribution in [1.29, 1.82) is 0 Å². The number of aliphatic imine (C=N–C) groups is 1. The van der Waals surface area contributed by atoms with Crippen molar-refractivity contribution in [3.05, 3.63) is 134 Å². The third-order valence-electron chi connectivity index (χ3n) is 9.08. The van der Waals surface area contributed by atoms with Crippen molar-refractivity contribution in [1.82, 2.24) is 0 Å². The molecule has 11 nitrogen and oxygen atoms in total. The fourth-order valence-corrected chi connectivity index (χ4v) is 9.18. The van der Waals surface area contributed by atoms with Crippen LogP contribution in [-0.2, 0) is 30.4 Å². The molecule has 53 heavy (non-hydrogen) atoms.